The van der Waals surface area contributed by atoms with Crippen molar-refractivity contribution in [2.24, 2.45) is 4.99 Å². The van der Waals surface area contributed by atoms with E-state index in [1.54, 1.807) is 7.11 Å². The molecule has 5 heteroatoms. The molecule has 2 rings (SSSR count). The smallest absolute Gasteiger partial charge is 0.300 e. The molecule has 86 valence electrons. The lowest BCUT2D eigenvalue weighted by Crippen LogP contribution is -2.24. The van der Waals surface area contributed by atoms with Gasteiger partial charge in [-0.25, -0.2) is 0 Å². The van der Waals surface area contributed by atoms with Gasteiger partial charge in [-0.1, -0.05) is 0 Å². The Balaban J connectivity index is 2.26. The molecule has 0 saturated carbocycles. The zero-order chi connectivity index (χ0) is 11.5. The second kappa shape index (κ2) is 4.65. The number of nitrogens with zero attached hydrogens (tertiary/aromatic N) is 1. The van der Waals surface area contributed by atoms with Gasteiger partial charge < -0.3 is 9.47 Å². The highest BCUT2D eigenvalue weighted by Crippen LogP contribution is 2.34. The third-order valence-electron chi connectivity index (χ3n) is 1.98. The summed E-state index contributed by atoms with van der Waals surface area (Å²) in [6, 6.07) is 6.33. The van der Waals surface area contributed by atoms with E-state index < -0.39 is 0 Å². The Morgan fingerprint density at radius 3 is 2.88 bits per heavy atom. The Hall–Kier alpha value is -1.36. The van der Waals surface area contributed by atoms with Gasteiger partial charge in [0.15, 0.2) is 0 Å². The minimum Gasteiger partial charge on any atom is -0.497 e. The Bertz CT molecular complexity index is 418. The second-order valence-corrected chi connectivity index (χ2v) is 4.47. The van der Waals surface area contributed by atoms with Crippen LogP contribution >= 0.6 is 11.9 Å². The number of methoxy groups -OCH3 is 1. The first-order valence-corrected chi connectivity index (χ1v) is 5.87. The Morgan fingerprint density at radius 2 is 2.19 bits per heavy atom. The third-order valence-corrected chi connectivity index (χ3v) is 2.83. The number of nitrogens with one attached hydrogen (secondary N) is 1. The molecule has 16 heavy (non-hydrogen) atoms. The van der Waals surface area contributed by atoms with Gasteiger partial charge >= 0.3 is 6.02 Å². The average molecular weight is 238 g/mol. The zero-order valence-corrected chi connectivity index (χ0v) is 10.3. The van der Waals surface area contributed by atoms with Crippen molar-refractivity contribution in [1.29, 1.82) is 0 Å². The number of rotatable bonds is 2. The molecule has 0 fully saturated rings. The lowest BCUT2D eigenvalue weighted by Gasteiger charge is -2.18. The normalized spacial score (nSPS) is 13.9. The van der Waals surface area contributed by atoms with Crippen LogP contribution in [0.2, 0.25) is 0 Å². The van der Waals surface area contributed by atoms with E-state index in [-0.39, 0.29) is 6.10 Å². The van der Waals surface area contributed by atoms with Crippen LogP contribution in [0.15, 0.2) is 28.1 Å². The van der Waals surface area contributed by atoms with E-state index in [2.05, 4.69) is 9.71 Å². The second-order valence-electron chi connectivity index (χ2n) is 3.62. The zero-order valence-electron chi connectivity index (χ0n) is 9.48. The number of hydrogen-bond acceptors (Lipinski definition) is 5. The van der Waals surface area contributed by atoms with Crippen molar-refractivity contribution in [3.05, 3.63) is 18.2 Å². The summed E-state index contributed by atoms with van der Waals surface area (Å²) in [6.45, 7) is 3.94. The lowest BCUT2D eigenvalue weighted by atomic mass is 10.3. The minimum absolute atomic E-state index is 0.110. The molecule has 1 heterocycles. The van der Waals surface area contributed by atoms with Crippen molar-refractivity contribution in [3.8, 4) is 5.75 Å². The summed E-state index contributed by atoms with van der Waals surface area (Å²) >= 11 is 1.50. The fraction of sp³-hybridized carbons (Fsp3) is 0.364. The maximum absolute atomic E-state index is 5.50. The molecule has 1 aromatic rings. The number of aliphatic imine (C=N–C) groups is 1. The molecule has 4 nitrogen and oxygen atoms in total. The Kier molecular flexibility index (Phi) is 3.24. The lowest BCUT2D eigenvalue weighted by molar-refractivity contribution is 0.222. The molecule has 0 radical (unpaired) electrons. The number of benzene rings is 1. The van der Waals surface area contributed by atoms with Crippen LogP contribution in [0.1, 0.15) is 13.8 Å². The topological polar surface area (TPSA) is 42.9 Å². The van der Waals surface area contributed by atoms with Gasteiger partial charge in [0.2, 0.25) is 0 Å². The van der Waals surface area contributed by atoms with E-state index >= 15 is 0 Å². The van der Waals surface area contributed by atoms with Crippen molar-refractivity contribution >= 4 is 23.7 Å². The summed E-state index contributed by atoms with van der Waals surface area (Å²) in [5.74, 6) is 0.800. The largest absolute Gasteiger partial charge is 0.497 e. The quantitative estimate of drug-likeness (QED) is 0.804. The van der Waals surface area contributed by atoms with E-state index in [4.69, 9.17) is 9.47 Å². The van der Waals surface area contributed by atoms with Crippen LogP contribution in [0.4, 0.5) is 5.69 Å². The fourth-order valence-corrected chi connectivity index (χ4v) is 1.94. The number of fused-ring (bicyclic) bond motifs is 1. The molecule has 0 unspecified atom stereocenters. The van der Waals surface area contributed by atoms with Crippen molar-refractivity contribution in [3.63, 3.8) is 0 Å². The van der Waals surface area contributed by atoms with Gasteiger partial charge in [-0.15, -0.1) is 0 Å². The molecule has 1 N–H and O–H groups in total. The van der Waals surface area contributed by atoms with Gasteiger partial charge in [0.05, 0.1) is 23.8 Å². The molecule has 0 atom stereocenters. The number of amidine groups is 1. The van der Waals surface area contributed by atoms with E-state index in [0.717, 1.165) is 16.3 Å². The molecule has 0 aromatic heterocycles. The molecule has 1 aliphatic heterocycles. The first-order valence-electron chi connectivity index (χ1n) is 5.05. The summed E-state index contributed by atoms with van der Waals surface area (Å²) in [5, 5.41) is 0. The highest BCUT2D eigenvalue weighted by Gasteiger charge is 2.14. The summed E-state index contributed by atoms with van der Waals surface area (Å²) in [5.41, 5.74) is 0.874. The van der Waals surface area contributed by atoms with Gasteiger partial charge in [-0.05, 0) is 37.9 Å². The predicted molar refractivity (Wildman–Crippen MR) is 65.3 cm³/mol. The first kappa shape index (κ1) is 11.1. The molecular formula is C11H14N2O2S. The van der Waals surface area contributed by atoms with Gasteiger partial charge in [0, 0.05) is 6.07 Å². The van der Waals surface area contributed by atoms with E-state index in [0.29, 0.717) is 6.02 Å². The number of hydrogen-bond donors (Lipinski definition) is 1. The molecule has 0 spiro atoms. The van der Waals surface area contributed by atoms with Gasteiger partial charge in [0.25, 0.3) is 0 Å². The fourth-order valence-electron chi connectivity index (χ4n) is 1.30. The van der Waals surface area contributed by atoms with Crippen LogP contribution in [0.3, 0.4) is 0 Å². The molecule has 0 saturated heterocycles. The molecule has 0 bridgehead atoms. The van der Waals surface area contributed by atoms with Crippen molar-refractivity contribution in [2.75, 3.05) is 7.11 Å². The third kappa shape index (κ3) is 2.41. The number of ether oxygens (including phenoxy) is 2. The SMILES string of the molecule is COc1ccc2c(c1)N=C(OC(C)C)NS2. The summed E-state index contributed by atoms with van der Waals surface area (Å²) in [6.07, 6.45) is 0.110. The van der Waals surface area contributed by atoms with Crippen LogP contribution in [0.25, 0.3) is 0 Å². The Morgan fingerprint density at radius 1 is 1.38 bits per heavy atom. The van der Waals surface area contributed by atoms with Crippen molar-refractivity contribution in [1.82, 2.24) is 4.72 Å². The highest BCUT2D eigenvalue weighted by molar-refractivity contribution is 7.98. The van der Waals surface area contributed by atoms with Crippen LogP contribution in [-0.4, -0.2) is 19.2 Å². The van der Waals surface area contributed by atoms with Crippen LogP contribution < -0.4 is 9.46 Å². The standard InChI is InChI=1S/C11H14N2O2S/c1-7(2)15-11-12-9-6-8(14-3)4-5-10(9)16-13-11/h4-7H,1-3H3,(H,12,13). The van der Waals surface area contributed by atoms with Crippen LogP contribution in [0.5, 0.6) is 5.75 Å². The van der Waals surface area contributed by atoms with E-state index in [1.807, 2.05) is 32.0 Å². The molecule has 1 aliphatic rings. The summed E-state index contributed by atoms with van der Waals surface area (Å²) in [4.78, 5) is 5.44. The van der Waals surface area contributed by atoms with Crippen LogP contribution in [-0.2, 0) is 4.74 Å². The maximum Gasteiger partial charge on any atom is 0.300 e. The first-order chi connectivity index (χ1) is 7.69. The van der Waals surface area contributed by atoms with E-state index in [9.17, 15) is 0 Å². The van der Waals surface area contributed by atoms with Gasteiger partial charge in [-0.2, -0.15) is 4.99 Å². The Labute approximate surface area is 99.2 Å². The molecule has 0 aliphatic carbocycles. The van der Waals surface area contributed by atoms with Crippen molar-refractivity contribution in [2.45, 2.75) is 24.8 Å². The summed E-state index contributed by atoms with van der Waals surface area (Å²) < 4.78 is 13.7. The predicted octanol–water partition coefficient (Wildman–Crippen LogP) is 2.72. The molecular weight excluding hydrogens is 224 g/mol. The minimum atomic E-state index is 0.110. The molecule has 1 aromatic carbocycles. The monoisotopic (exact) mass is 238 g/mol. The average Bonchev–Trinajstić information content (AvgIpc) is 2.27. The van der Waals surface area contributed by atoms with Gasteiger partial charge in [-0.3, -0.25) is 4.72 Å². The molecule has 0 amide bonds. The summed E-state index contributed by atoms with van der Waals surface area (Å²) in [7, 11) is 1.64. The van der Waals surface area contributed by atoms with Crippen LogP contribution in [0, 0.1) is 0 Å². The van der Waals surface area contributed by atoms with Gasteiger partial charge in [0.1, 0.15) is 5.75 Å². The van der Waals surface area contributed by atoms with E-state index in [1.165, 1.54) is 11.9 Å². The maximum atomic E-state index is 5.50. The highest BCUT2D eigenvalue weighted by atomic mass is 32.2. The van der Waals surface area contributed by atoms with Crippen molar-refractivity contribution < 1.29 is 9.47 Å².